The quantitative estimate of drug-likeness (QED) is 0.648. The second-order valence-corrected chi connectivity index (χ2v) is 9.37. The number of fused-ring (bicyclic) bond motifs is 7. The van der Waals surface area contributed by atoms with Gasteiger partial charge in [-0.05, 0) is 58.4 Å². The molecule has 5 rings (SSSR count). The molecule has 0 aromatic heterocycles. The van der Waals surface area contributed by atoms with Gasteiger partial charge in [0.2, 0.25) is 5.79 Å². The molecule has 6 heteroatoms. The van der Waals surface area contributed by atoms with Crippen LogP contribution in [0.25, 0.3) is 6.08 Å². The summed E-state index contributed by atoms with van der Waals surface area (Å²) in [6.45, 7) is 8.05. The zero-order chi connectivity index (χ0) is 22.8. The van der Waals surface area contributed by atoms with Gasteiger partial charge in [-0.1, -0.05) is 17.7 Å². The van der Waals surface area contributed by atoms with E-state index in [1.54, 1.807) is 25.3 Å². The Labute approximate surface area is 187 Å². The van der Waals surface area contributed by atoms with E-state index in [0.717, 1.165) is 16.7 Å². The minimum absolute atomic E-state index is 0.0779. The summed E-state index contributed by atoms with van der Waals surface area (Å²) in [5, 5.41) is 22.3. The Morgan fingerprint density at radius 3 is 2.72 bits per heavy atom. The van der Waals surface area contributed by atoms with E-state index >= 15 is 0 Å². The highest BCUT2D eigenvalue weighted by Gasteiger charge is 2.52. The summed E-state index contributed by atoms with van der Waals surface area (Å²) in [5.41, 5.74) is 3.21. The van der Waals surface area contributed by atoms with Crippen LogP contribution in [-0.4, -0.2) is 22.9 Å². The van der Waals surface area contributed by atoms with E-state index in [9.17, 15) is 10.2 Å². The van der Waals surface area contributed by atoms with Gasteiger partial charge in [-0.25, -0.2) is 0 Å². The van der Waals surface area contributed by atoms with Crippen LogP contribution in [0.15, 0.2) is 35.9 Å². The predicted octanol–water partition coefficient (Wildman–Crippen LogP) is 5.16. The highest BCUT2D eigenvalue weighted by molar-refractivity contribution is 5.76. The molecule has 2 atom stereocenters. The zero-order valence-electron chi connectivity index (χ0n) is 19.0. The van der Waals surface area contributed by atoms with Gasteiger partial charge < -0.3 is 29.2 Å². The molecule has 2 aromatic rings. The lowest BCUT2D eigenvalue weighted by Crippen LogP contribution is -2.44. The highest BCUT2D eigenvalue weighted by atomic mass is 16.6. The molecule has 32 heavy (non-hydrogen) atoms. The fourth-order valence-corrected chi connectivity index (χ4v) is 4.71. The summed E-state index contributed by atoms with van der Waals surface area (Å²) in [7, 11) is 1.57. The molecule has 6 nitrogen and oxygen atoms in total. The van der Waals surface area contributed by atoms with E-state index in [1.807, 2.05) is 39.8 Å². The van der Waals surface area contributed by atoms with E-state index in [-0.39, 0.29) is 12.2 Å². The summed E-state index contributed by atoms with van der Waals surface area (Å²) in [4.78, 5) is 0. The lowest BCUT2D eigenvalue weighted by molar-refractivity contribution is -0.192. The number of rotatable bonds is 3. The van der Waals surface area contributed by atoms with Crippen LogP contribution in [0.1, 0.15) is 62.5 Å². The number of hydrogen-bond donors (Lipinski definition) is 2. The number of phenols is 1. The molecule has 0 saturated carbocycles. The van der Waals surface area contributed by atoms with Gasteiger partial charge in [0.25, 0.3) is 0 Å². The maximum atomic E-state index is 11.8. The SMILES string of the molecule is COc1c2c(c(CC=C(C)C)c3c1[C@]1(O)C[C@H](O3)c3c(O)cccc3O1)OC(C)(C)C=C2. The minimum atomic E-state index is -1.67. The molecule has 0 spiro atoms. The molecule has 2 bridgehead atoms. The van der Waals surface area contributed by atoms with E-state index in [2.05, 4.69) is 6.08 Å². The molecular formula is C26H28O6. The first-order valence-electron chi connectivity index (χ1n) is 10.8. The van der Waals surface area contributed by atoms with E-state index in [4.69, 9.17) is 18.9 Å². The first kappa shape index (κ1) is 20.8. The van der Waals surface area contributed by atoms with Gasteiger partial charge in [0.05, 0.1) is 24.7 Å². The highest BCUT2D eigenvalue weighted by Crippen LogP contribution is 2.60. The number of aliphatic hydroxyl groups is 1. The van der Waals surface area contributed by atoms with Crippen molar-refractivity contribution < 1.29 is 29.2 Å². The molecule has 3 aliphatic heterocycles. The Balaban J connectivity index is 1.80. The topological polar surface area (TPSA) is 77.4 Å². The van der Waals surface area contributed by atoms with Crippen LogP contribution in [-0.2, 0) is 12.2 Å². The summed E-state index contributed by atoms with van der Waals surface area (Å²) in [5.74, 6) is 0.428. The largest absolute Gasteiger partial charge is 0.507 e. The van der Waals surface area contributed by atoms with E-state index in [0.29, 0.717) is 40.5 Å². The van der Waals surface area contributed by atoms with Gasteiger partial charge in [-0.3, -0.25) is 0 Å². The van der Waals surface area contributed by atoms with Crippen LogP contribution in [0, 0.1) is 0 Å². The predicted molar refractivity (Wildman–Crippen MR) is 120 cm³/mol. The third kappa shape index (κ3) is 3.05. The monoisotopic (exact) mass is 436 g/mol. The third-order valence-corrected chi connectivity index (χ3v) is 6.18. The van der Waals surface area contributed by atoms with Gasteiger partial charge >= 0.3 is 0 Å². The number of phenolic OH excluding ortho intramolecular Hbond substituents is 1. The lowest BCUT2D eigenvalue weighted by atomic mass is 9.83. The number of aromatic hydroxyl groups is 1. The molecule has 2 N–H and O–H groups in total. The van der Waals surface area contributed by atoms with E-state index in [1.165, 1.54) is 0 Å². The van der Waals surface area contributed by atoms with Crippen LogP contribution < -0.4 is 18.9 Å². The number of benzene rings is 2. The average molecular weight is 437 g/mol. The standard InChI is InChI=1S/C26H28O6/c1-14(2)9-10-15-22-16(11-12-25(3,4)32-22)23(29-5)21-24(15)30-19-13-26(21,28)31-18-8-6-7-17(27)20(18)19/h6-9,11-12,19,27-28H,10,13H2,1-5H3/t19-,26-/m0/s1. The molecule has 3 heterocycles. The van der Waals surface area contributed by atoms with Gasteiger partial charge in [-0.15, -0.1) is 0 Å². The van der Waals surface area contributed by atoms with Crippen molar-refractivity contribution in [3.8, 4) is 28.7 Å². The van der Waals surface area contributed by atoms with E-state index < -0.39 is 17.5 Å². The van der Waals surface area contributed by atoms with Crippen molar-refractivity contribution in [1.29, 1.82) is 0 Å². The number of methoxy groups -OCH3 is 1. The van der Waals surface area contributed by atoms with Crippen molar-refractivity contribution >= 4 is 6.08 Å². The molecule has 0 amide bonds. The van der Waals surface area contributed by atoms with Crippen molar-refractivity contribution in [3.63, 3.8) is 0 Å². The normalized spacial score (nSPS) is 23.5. The summed E-state index contributed by atoms with van der Waals surface area (Å²) < 4.78 is 24.8. The second-order valence-electron chi connectivity index (χ2n) is 9.37. The summed E-state index contributed by atoms with van der Waals surface area (Å²) >= 11 is 0. The first-order valence-corrected chi connectivity index (χ1v) is 10.8. The Morgan fingerprint density at radius 2 is 2.00 bits per heavy atom. The summed E-state index contributed by atoms with van der Waals surface area (Å²) in [6, 6.07) is 5.00. The van der Waals surface area contributed by atoms with Crippen molar-refractivity contribution in [2.45, 2.75) is 58.0 Å². The van der Waals surface area contributed by atoms with Gasteiger partial charge in [0.15, 0.2) is 0 Å². The molecule has 2 aromatic carbocycles. The fourth-order valence-electron chi connectivity index (χ4n) is 4.71. The molecular weight excluding hydrogens is 408 g/mol. The molecule has 0 saturated heterocycles. The van der Waals surface area contributed by atoms with Crippen LogP contribution in [0.3, 0.4) is 0 Å². The number of ether oxygens (including phenoxy) is 4. The third-order valence-electron chi connectivity index (χ3n) is 6.18. The number of hydrogen-bond acceptors (Lipinski definition) is 6. The van der Waals surface area contributed by atoms with Gasteiger partial charge in [-0.2, -0.15) is 0 Å². The minimum Gasteiger partial charge on any atom is -0.507 e. The van der Waals surface area contributed by atoms with Crippen molar-refractivity contribution in [3.05, 3.63) is 58.2 Å². The van der Waals surface area contributed by atoms with Crippen LogP contribution >= 0.6 is 0 Å². The maximum Gasteiger partial charge on any atom is 0.246 e. The smallest absolute Gasteiger partial charge is 0.246 e. The molecule has 3 aliphatic rings. The first-order chi connectivity index (χ1) is 15.1. The Hall–Kier alpha value is -3.12. The molecule has 0 radical (unpaired) electrons. The van der Waals surface area contributed by atoms with Crippen LogP contribution in [0.5, 0.6) is 28.7 Å². The maximum absolute atomic E-state index is 11.8. The second kappa shape index (κ2) is 6.94. The van der Waals surface area contributed by atoms with Crippen LogP contribution in [0.2, 0.25) is 0 Å². The average Bonchev–Trinajstić information content (AvgIpc) is 2.70. The van der Waals surface area contributed by atoms with Gasteiger partial charge in [0, 0.05) is 5.56 Å². The summed E-state index contributed by atoms with van der Waals surface area (Å²) in [6.07, 6.45) is 6.16. The van der Waals surface area contributed by atoms with Crippen molar-refractivity contribution in [2.24, 2.45) is 0 Å². The van der Waals surface area contributed by atoms with Gasteiger partial charge in [0.1, 0.15) is 46.0 Å². The fraction of sp³-hybridized carbons (Fsp3) is 0.385. The molecule has 0 aliphatic carbocycles. The molecule has 168 valence electrons. The Morgan fingerprint density at radius 1 is 1.22 bits per heavy atom. The zero-order valence-corrected chi connectivity index (χ0v) is 19.0. The van der Waals surface area contributed by atoms with Crippen LogP contribution in [0.4, 0.5) is 0 Å². The molecule has 0 fully saturated rings. The Kier molecular flexibility index (Phi) is 4.50. The van der Waals surface area contributed by atoms with Crippen molar-refractivity contribution in [1.82, 2.24) is 0 Å². The number of allylic oxidation sites excluding steroid dienone is 2. The van der Waals surface area contributed by atoms with Crippen molar-refractivity contribution in [2.75, 3.05) is 7.11 Å². The Bertz CT molecular complexity index is 1170. The molecule has 0 unspecified atom stereocenters. The lowest BCUT2D eigenvalue weighted by Gasteiger charge is -2.45.